The summed E-state index contributed by atoms with van der Waals surface area (Å²) in [4.78, 5) is 36.4. The van der Waals surface area contributed by atoms with E-state index >= 15 is 0 Å². The molecule has 3 rings (SSSR count). The van der Waals surface area contributed by atoms with E-state index in [1.54, 1.807) is 24.3 Å². The molecule has 2 aromatic rings. The van der Waals surface area contributed by atoms with Crippen molar-refractivity contribution in [3.05, 3.63) is 69.1 Å². The Bertz CT molecular complexity index is 944. The number of amides is 2. The van der Waals surface area contributed by atoms with Crippen molar-refractivity contribution in [2.24, 2.45) is 0 Å². The minimum absolute atomic E-state index is 0.0785. The van der Waals surface area contributed by atoms with Crippen LogP contribution in [0.5, 0.6) is 5.75 Å². The molecule has 0 unspecified atom stereocenters. The molecule has 0 spiro atoms. The van der Waals surface area contributed by atoms with E-state index in [1.807, 2.05) is 12.1 Å². The van der Waals surface area contributed by atoms with Crippen molar-refractivity contribution < 1.29 is 19.2 Å². The van der Waals surface area contributed by atoms with E-state index in [0.717, 1.165) is 16.7 Å². The number of non-ortho nitro benzene ring substituents is 1. The molecule has 2 amide bonds. The minimum Gasteiger partial charge on any atom is -0.496 e. The molecule has 0 bridgehead atoms. The first kappa shape index (κ1) is 18.5. The first-order chi connectivity index (χ1) is 13.0. The fraction of sp³-hybridized carbons (Fsp3) is 0.111. The van der Waals surface area contributed by atoms with Crippen LogP contribution in [0.15, 0.2) is 53.4 Å². The molecule has 0 radical (unpaired) electrons. The summed E-state index contributed by atoms with van der Waals surface area (Å²) in [5.74, 6) is 0.160. The van der Waals surface area contributed by atoms with Gasteiger partial charge in [-0.1, -0.05) is 24.3 Å². The van der Waals surface area contributed by atoms with Crippen LogP contribution in [0.25, 0.3) is 6.08 Å². The number of nitrogens with zero attached hydrogens (tertiary/aromatic N) is 2. The molecular weight excluding hydrogens is 370 g/mol. The van der Waals surface area contributed by atoms with Crippen LogP contribution in [-0.2, 0) is 4.79 Å². The Kier molecular flexibility index (Phi) is 5.41. The summed E-state index contributed by atoms with van der Waals surface area (Å²) in [6.45, 7) is -0.0882. The van der Waals surface area contributed by atoms with E-state index in [2.05, 4.69) is 5.32 Å². The molecule has 1 fully saturated rings. The molecule has 1 aliphatic heterocycles. The molecule has 0 atom stereocenters. The van der Waals surface area contributed by atoms with E-state index in [1.165, 1.54) is 25.3 Å². The van der Waals surface area contributed by atoms with Crippen molar-refractivity contribution in [2.75, 3.05) is 19.1 Å². The maximum Gasteiger partial charge on any atom is 0.295 e. The summed E-state index contributed by atoms with van der Waals surface area (Å²) in [7, 11) is 1.53. The van der Waals surface area contributed by atoms with Gasteiger partial charge in [-0.05, 0) is 30.0 Å². The van der Waals surface area contributed by atoms with Crippen molar-refractivity contribution in [1.82, 2.24) is 4.90 Å². The SMILES string of the molecule is COc1ccccc1/C=C1\SC(=O)N(CNc2cccc([N+](=O)[O-])c2)C1=O. The number of para-hydroxylation sites is 1. The normalized spacial score (nSPS) is 15.3. The summed E-state index contributed by atoms with van der Waals surface area (Å²) in [5.41, 5.74) is 1.05. The van der Waals surface area contributed by atoms with E-state index in [0.29, 0.717) is 17.0 Å². The smallest absolute Gasteiger partial charge is 0.295 e. The van der Waals surface area contributed by atoms with Gasteiger partial charge in [-0.3, -0.25) is 24.6 Å². The predicted molar refractivity (Wildman–Crippen MR) is 102 cm³/mol. The number of methoxy groups -OCH3 is 1. The Balaban J connectivity index is 1.74. The Morgan fingerprint density at radius 3 is 2.74 bits per heavy atom. The highest BCUT2D eigenvalue weighted by Gasteiger charge is 2.35. The second-order valence-electron chi connectivity index (χ2n) is 5.49. The number of ether oxygens (including phenoxy) is 1. The van der Waals surface area contributed by atoms with E-state index < -0.39 is 16.1 Å². The molecule has 0 saturated carbocycles. The van der Waals surface area contributed by atoms with Gasteiger partial charge in [0.15, 0.2) is 0 Å². The third-order valence-electron chi connectivity index (χ3n) is 3.80. The number of nitro groups is 1. The van der Waals surface area contributed by atoms with Gasteiger partial charge >= 0.3 is 0 Å². The molecule has 0 aromatic heterocycles. The number of carbonyl (C=O) groups is 2. The Hall–Kier alpha value is -3.33. The Morgan fingerprint density at radius 1 is 1.22 bits per heavy atom. The van der Waals surface area contributed by atoms with Gasteiger partial charge in [0.25, 0.3) is 16.8 Å². The third kappa shape index (κ3) is 4.09. The second-order valence-corrected chi connectivity index (χ2v) is 6.49. The zero-order chi connectivity index (χ0) is 19.4. The summed E-state index contributed by atoms with van der Waals surface area (Å²) in [5, 5.41) is 13.3. The number of hydrogen-bond acceptors (Lipinski definition) is 7. The highest BCUT2D eigenvalue weighted by molar-refractivity contribution is 8.18. The number of thioether (sulfide) groups is 1. The van der Waals surface area contributed by atoms with E-state index in [9.17, 15) is 19.7 Å². The van der Waals surface area contributed by atoms with Crippen LogP contribution >= 0.6 is 11.8 Å². The van der Waals surface area contributed by atoms with Crippen LogP contribution < -0.4 is 10.1 Å². The lowest BCUT2D eigenvalue weighted by molar-refractivity contribution is -0.384. The number of nitrogens with one attached hydrogen (secondary N) is 1. The summed E-state index contributed by atoms with van der Waals surface area (Å²) in [6, 6.07) is 13.0. The van der Waals surface area contributed by atoms with Gasteiger partial charge in [-0.15, -0.1) is 0 Å². The molecule has 1 aliphatic rings. The van der Waals surface area contributed by atoms with Gasteiger partial charge in [0.05, 0.1) is 23.6 Å². The molecule has 2 aromatic carbocycles. The van der Waals surface area contributed by atoms with Crippen molar-refractivity contribution in [2.45, 2.75) is 0 Å². The van der Waals surface area contributed by atoms with Crippen molar-refractivity contribution in [1.29, 1.82) is 0 Å². The van der Waals surface area contributed by atoms with Gasteiger partial charge in [0.1, 0.15) is 5.75 Å². The molecule has 138 valence electrons. The Morgan fingerprint density at radius 2 is 2.00 bits per heavy atom. The first-order valence-corrected chi connectivity index (χ1v) is 8.68. The molecule has 9 heteroatoms. The van der Waals surface area contributed by atoms with Gasteiger partial charge in [0.2, 0.25) is 0 Å². The maximum atomic E-state index is 12.5. The third-order valence-corrected chi connectivity index (χ3v) is 4.70. The molecule has 1 N–H and O–H groups in total. The van der Waals surface area contributed by atoms with Crippen LogP contribution in [0.3, 0.4) is 0 Å². The zero-order valence-corrected chi connectivity index (χ0v) is 15.1. The van der Waals surface area contributed by atoms with Crippen molar-refractivity contribution >= 4 is 40.4 Å². The molecule has 8 nitrogen and oxygen atoms in total. The lowest BCUT2D eigenvalue weighted by atomic mass is 10.2. The van der Waals surface area contributed by atoms with Crippen LogP contribution in [0.1, 0.15) is 5.56 Å². The average molecular weight is 385 g/mol. The largest absolute Gasteiger partial charge is 0.496 e. The summed E-state index contributed by atoms with van der Waals surface area (Å²) < 4.78 is 5.25. The molecule has 1 saturated heterocycles. The van der Waals surface area contributed by atoms with Crippen LogP contribution in [-0.4, -0.2) is 34.7 Å². The number of benzene rings is 2. The standard InChI is InChI=1S/C18H15N3O5S/c1-26-15-8-3-2-5-12(15)9-16-17(22)20(18(23)27-16)11-19-13-6-4-7-14(10-13)21(24)25/h2-10,19H,11H2,1H3/b16-9-. The van der Waals surface area contributed by atoms with Crippen LogP contribution in [0, 0.1) is 10.1 Å². The quantitative estimate of drug-likeness (QED) is 0.459. The van der Waals surface area contributed by atoms with Crippen LogP contribution in [0.4, 0.5) is 16.2 Å². The van der Waals surface area contributed by atoms with Gasteiger partial charge < -0.3 is 10.1 Å². The van der Waals surface area contributed by atoms with Gasteiger partial charge in [0, 0.05) is 23.4 Å². The number of rotatable bonds is 6. The molecule has 27 heavy (non-hydrogen) atoms. The minimum atomic E-state index is -0.513. The first-order valence-electron chi connectivity index (χ1n) is 7.86. The van der Waals surface area contributed by atoms with Crippen molar-refractivity contribution in [3.8, 4) is 5.75 Å². The number of hydrogen-bond donors (Lipinski definition) is 1. The Labute approximate surface area is 159 Å². The number of anilines is 1. The summed E-state index contributed by atoms with van der Waals surface area (Å²) >= 11 is 0.834. The summed E-state index contributed by atoms with van der Waals surface area (Å²) in [6.07, 6.45) is 1.61. The van der Waals surface area contributed by atoms with Crippen LogP contribution in [0.2, 0.25) is 0 Å². The fourth-order valence-corrected chi connectivity index (χ4v) is 3.29. The predicted octanol–water partition coefficient (Wildman–Crippen LogP) is 3.71. The second kappa shape index (κ2) is 7.92. The topological polar surface area (TPSA) is 102 Å². The average Bonchev–Trinajstić information content (AvgIpc) is 2.93. The highest BCUT2D eigenvalue weighted by Crippen LogP contribution is 2.33. The highest BCUT2D eigenvalue weighted by atomic mass is 32.2. The maximum absolute atomic E-state index is 12.5. The number of carbonyl (C=O) groups excluding carboxylic acids is 2. The molecule has 1 heterocycles. The van der Waals surface area contributed by atoms with Crippen molar-refractivity contribution in [3.63, 3.8) is 0 Å². The lowest BCUT2D eigenvalue weighted by Gasteiger charge is -2.14. The van der Waals surface area contributed by atoms with E-state index in [-0.39, 0.29) is 17.3 Å². The van der Waals surface area contributed by atoms with Gasteiger partial charge in [-0.25, -0.2) is 0 Å². The number of imide groups is 1. The van der Waals surface area contributed by atoms with Gasteiger partial charge in [-0.2, -0.15) is 0 Å². The molecule has 0 aliphatic carbocycles. The fourth-order valence-electron chi connectivity index (χ4n) is 2.46. The van der Waals surface area contributed by atoms with E-state index in [4.69, 9.17) is 4.74 Å². The zero-order valence-electron chi connectivity index (χ0n) is 14.2. The molecular formula is C18H15N3O5S. The monoisotopic (exact) mass is 385 g/mol. The number of nitro benzene ring substituents is 1. The lowest BCUT2D eigenvalue weighted by Crippen LogP contribution is -2.33.